The van der Waals surface area contributed by atoms with Gasteiger partial charge in [0, 0.05) is 6.42 Å². The maximum Gasteiger partial charge on any atom is 0.220 e. The molecule has 0 aliphatic heterocycles. The topological polar surface area (TPSA) is 69.6 Å². The number of hydrogen-bond acceptors (Lipinski definition) is 3. The van der Waals surface area contributed by atoms with E-state index in [9.17, 15) is 15.0 Å². The highest BCUT2D eigenvalue weighted by Crippen LogP contribution is 2.16. The fourth-order valence-electron chi connectivity index (χ4n) is 8.30. The van der Waals surface area contributed by atoms with Crippen molar-refractivity contribution in [3.8, 4) is 0 Å². The van der Waals surface area contributed by atoms with Crippen molar-refractivity contribution < 1.29 is 15.0 Å². The average Bonchev–Trinajstić information content (AvgIpc) is 3.35. The number of aliphatic hydroxyl groups excluding tert-OH is 2. The van der Waals surface area contributed by atoms with Crippen molar-refractivity contribution in [1.29, 1.82) is 0 Å². The largest absolute Gasteiger partial charge is 0.394 e. The van der Waals surface area contributed by atoms with Gasteiger partial charge in [0.25, 0.3) is 0 Å². The maximum atomic E-state index is 12.5. The van der Waals surface area contributed by atoms with Crippen molar-refractivity contribution in [3.63, 3.8) is 0 Å². The van der Waals surface area contributed by atoms with E-state index in [2.05, 4.69) is 129 Å². The van der Waals surface area contributed by atoms with Gasteiger partial charge < -0.3 is 15.5 Å². The Balaban J connectivity index is 3.65. The molecule has 0 aliphatic carbocycles. The Morgan fingerprint density at radius 2 is 0.638 bits per heavy atom. The molecule has 2 atom stereocenters. The lowest BCUT2D eigenvalue weighted by Crippen LogP contribution is -2.45. The Labute approximate surface area is 428 Å². The van der Waals surface area contributed by atoms with Gasteiger partial charge in [-0.2, -0.15) is 0 Å². The minimum atomic E-state index is -0.874. The van der Waals surface area contributed by atoms with Crippen LogP contribution in [0.1, 0.15) is 264 Å². The van der Waals surface area contributed by atoms with Crippen molar-refractivity contribution in [2.75, 3.05) is 6.61 Å². The highest BCUT2D eigenvalue weighted by Gasteiger charge is 2.17. The van der Waals surface area contributed by atoms with Crippen LogP contribution in [0.5, 0.6) is 0 Å². The summed E-state index contributed by atoms with van der Waals surface area (Å²) in [5, 5.41) is 23.1. The average molecular weight is 955 g/mol. The van der Waals surface area contributed by atoms with Gasteiger partial charge in [0.1, 0.15) is 0 Å². The lowest BCUT2D eigenvalue weighted by molar-refractivity contribution is -0.122. The zero-order valence-corrected chi connectivity index (χ0v) is 45.3. The third-order valence-corrected chi connectivity index (χ3v) is 12.7. The number of aliphatic hydroxyl groups is 2. The third kappa shape index (κ3) is 55.6. The molecule has 0 bridgehead atoms. The maximum absolute atomic E-state index is 12.5. The first-order chi connectivity index (χ1) is 34.2. The molecule has 0 spiro atoms. The van der Waals surface area contributed by atoms with Crippen molar-refractivity contribution in [1.82, 2.24) is 5.32 Å². The van der Waals surface area contributed by atoms with Crippen LogP contribution < -0.4 is 5.32 Å². The number of carbonyl (C=O) groups is 1. The molecular weight excluding hydrogens is 843 g/mol. The first kappa shape index (κ1) is 65.8. The van der Waals surface area contributed by atoms with Crippen LogP contribution in [-0.4, -0.2) is 34.9 Å². The van der Waals surface area contributed by atoms with E-state index in [4.69, 9.17) is 0 Å². The second-order valence-corrected chi connectivity index (χ2v) is 19.3. The zero-order valence-electron chi connectivity index (χ0n) is 45.3. The van der Waals surface area contributed by atoms with Gasteiger partial charge in [0.2, 0.25) is 5.91 Å². The van der Waals surface area contributed by atoms with Crippen molar-refractivity contribution in [2.45, 2.75) is 276 Å². The van der Waals surface area contributed by atoms with Gasteiger partial charge in [-0.05, 0) is 83.5 Å². The Hall–Kier alpha value is -3.21. The van der Waals surface area contributed by atoms with E-state index in [1.807, 2.05) is 6.08 Å². The summed E-state index contributed by atoms with van der Waals surface area (Å²) in [5.41, 5.74) is 0. The lowest BCUT2D eigenvalue weighted by Gasteiger charge is -2.19. The van der Waals surface area contributed by atoms with Gasteiger partial charge in [-0.15, -0.1) is 0 Å². The van der Waals surface area contributed by atoms with Crippen LogP contribution in [0.4, 0.5) is 0 Å². The molecule has 0 heterocycles. The highest BCUT2D eigenvalue weighted by molar-refractivity contribution is 5.76. The van der Waals surface area contributed by atoms with Crippen LogP contribution in [0.15, 0.2) is 122 Å². The minimum Gasteiger partial charge on any atom is -0.394 e. The number of carbonyl (C=O) groups excluding carboxylic acids is 1. The Morgan fingerprint density at radius 3 is 0.942 bits per heavy atom. The van der Waals surface area contributed by atoms with Crippen LogP contribution in [0.3, 0.4) is 0 Å². The van der Waals surface area contributed by atoms with Crippen LogP contribution >= 0.6 is 0 Å². The van der Waals surface area contributed by atoms with Crippen LogP contribution in [0.25, 0.3) is 0 Å². The number of nitrogens with one attached hydrogen (secondary N) is 1. The SMILES string of the molecule is CC/C=C\C/C=C\C/C=C\C/C=C\C/C=C\C/C=C\C/C=C\C/C=C\C/C=C\CCCC(=O)NC(CO)C(O)/C=C/CCCCCCCCCCCCCCCCCCCCCCCCCCCC. The third-order valence-electron chi connectivity index (χ3n) is 12.7. The second kappa shape index (κ2) is 59.1. The van der Waals surface area contributed by atoms with E-state index >= 15 is 0 Å². The number of amides is 1. The first-order valence-corrected chi connectivity index (χ1v) is 29.2. The Kier molecular flexibility index (Phi) is 56.4. The smallest absolute Gasteiger partial charge is 0.220 e. The summed E-state index contributed by atoms with van der Waals surface area (Å²) < 4.78 is 0. The molecule has 0 aromatic carbocycles. The summed E-state index contributed by atoms with van der Waals surface area (Å²) >= 11 is 0. The lowest BCUT2D eigenvalue weighted by atomic mass is 10.0. The molecule has 2 unspecified atom stereocenters. The fourth-order valence-corrected chi connectivity index (χ4v) is 8.30. The zero-order chi connectivity index (χ0) is 49.9. The fraction of sp³-hybridized carbons (Fsp3) is 0.677. The molecule has 0 saturated carbocycles. The summed E-state index contributed by atoms with van der Waals surface area (Å²) in [4.78, 5) is 12.5. The highest BCUT2D eigenvalue weighted by atomic mass is 16.3. The predicted octanol–water partition coefficient (Wildman–Crippen LogP) is 19.6. The number of allylic oxidation sites excluding steroid dienone is 19. The van der Waals surface area contributed by atoms with Gasteiger partial charge in [-0.25, -0.2) is 0 Å². The van der Waals surface area contributed by atoms with E-state index in [0.29, 0.717) is 6.42 Å². The number of unbranched alkanes of at least 4 members (excludes halogenated alkanes) is 27. The van der Waals surface area contributed by atoms with E-state index in [0.717, 1.165) is 83.5 Å². The van der Waals surface area contributed by atoms with Gasteiger partial charge >= 0.3 is 0 Å². The summed E-state index contributed by atoms with van der Waals surface area (Å²) in [6.07, 6.45) is 90.8. The Bertz CT molecular complexity index is 1360. The summed E-state index contributed by atoms with van der Waals surface area (Å²) in [6, 6.07) is -0.664. The van der Waals surface area contributed by atoms with Crippen molar-refractivity contribution in [3.05, 3.63) is 122 Å². The van der Waals surface area contributed by atoms with Crippen LogP contribution in [0, 0.1) is 0 Å². The van der Waals surface area contributed by atoms with E-state index in [-0.39, 0.29) is 12.5 Å². The molecule has 4 nitrogen and oxygen atoms in total. The van der Waals surface area contributed by atoms with E-state index in [1.165, 1.54) is 161 Å². The van der Waals surface area contributed by atoms with Gasteiger partial charge in [0.05, 0.1) is 18.8 Å². The molecule has 0 aliphatic rings. The molecule has 0 radical (unpaired) electrons. The van der Waals surface area contributed by atoms with E-state index in [1.54, 1.807) is 6.08 Å². The quantitative estimate of drug-likeness (QED) is 0.0420. The second-order valence-electron chi connectivity index (χ2n) is 19.3. The first-order valence-electron chi connectivity index (χ1n) is 29.2. The molecule has 394 valence electrons. The summed E-state index contributed by atoms with van der Waals surface area (Å²) in [6.45, 7) is 4.18. The summed E-state index contributed by atoms with van der Waals surface area (Å²) in [5.74, 6) is -0.124. The minimum absolute atomic E-state index is 0.124. The van der Waals surface area contributed by atoms with Gasteiger partial charge in [-0.1, -0.05) is 296 Å². The molecule has 0 rings (SSSR count). The molecule has 0 saturated heterocycles. The van der Waals surface area contributed by atoms with Gasteiger partial charge in [-0.3, -0.25) is 4.79 Å². The molecule has 4 heteroatoms. The van der Waals surface area contributed by atoms with E-state index < -0.39 is 12.1 Å². The predicted molar refractivity (Wildman–Crippen MR) is 308 cm³/mol. The molecule has 3 N–H and O–H groups in total. The van der Waals surface area contributed by atoms with Crippen LogP contribution in [-0.2, 0) is 4.79 Å². The van der Waals surface area contributed by atoms with Crippen molar-refractivity contribution in [2.24, 2.45) is 0 Å². The molecule has 0 aromatic heterocycles. The number of hydrogen-bond donors (Lipinski definition) is 3. The van der Waals surface area contributed by atoms with Crippen molar-refractivity contribution >= 4 is 5.91 Å². The van der Waals surface area contributed by atoms with Gasteiger partial charge in [0.15, 0.2) is 0 Å². The molecule has 69 heavy (non-hydrogen) atoms. The van der Waals surface area contributed by atoms with Crippen LogP contribution in [0.2, 0.25) is 0 Å². The molecular formula is C65H111NO3. The molecule has 0 fully saturated rings. The monoisotopic (exact) mass is 954 g/mol. The molecule has 0 aromatic rings. The Morgan fingerprint density at radius 1 is 0.362 bits per heavy atom. The standard InChI is InChI=1S/C65H111NO3/c1-3-5-7-9-11-13-15-17-19-21-23-25-27-29-31-33-35-37-39-41-43-45-47-49-51-53-55-57-59-61-65(69)66-63(62-67)64(68)60-58-56-54-52-50-48-46-44-42-40-38-36-34-32-30-28-26-24-22-20-18-16-14-12-10-8-6-4-2/h5,7,11,13,17,19,23,25,29,31,35,37,41,43,47,49,53,55,58,60,63-64,67-68H,3-4,6,8-10,12,14-16,18,20-22,24,26-28,30,32-34,36,38-40,42,44-46,48,50-52,54,56-57,59,61-62H2,1-2H3,(H,66,69)/b7-5-,13-11-,19-17-,25-23-,31-29-,37-35-,43-41-,49-47-,55-53-,60-58+. The number of rotatable bonds is 52. The normalized spacial score (nSPS) is 13.7. The summed E-state index contributed by atoms with van der Waals surface area (Å²) in [7, 11) is 0. The molecule has 1 amide bonds.